The zero-order valence-electron chi connectivity index (χ0n) is 15.3. The van der Waals surface area contributed by atoms with Gasteiger partial charge in [-0.1, -0.05) is 91.9 Å². The van der Waals surface area contributed by atoms with Gasteiger partial charge in [0.05, 0.1) is 0 Å². The molecular formula is C21H40. The molecule has 2 saturated carbocycles. The van der Waals surface area contributed by atoms with Gasteiger partial charge in [0.15, 0.2) is 0 Å². The molecule has 3 unspecified atom stereocenters. The number of rotatable bonds is 2. The topological polar surface area (TPSA) is 0 Å². The second-order valence-corrected chi connectivity index (χ2v) is 9.17. The minimum Gasteiger partial charge on any atom is -0.0651 e. The Balaban J connectivity index is 2.10. The Morgan fingerprint density at radius 2 is 1.33 bits per heavy atom. The Hall–Kier alpha value is 0. The largest absolute Gasteiger partial charge is 0.0651 e. The molecule has 0 N–H and O–H groups in total. The highest BCUT2D eigenvalue weighted by Gasteiger charge is 2.37. The van der Waals surface area contributed by atoms with Crippen LogP contribution in [0.5, 0.6) is 0 Å². The van der Waals surface area contributed by atoms with Gasteiger partial charge in [-0.05, 0) is 41.9 Å². The molecule has 0 aromatic rings. The highest BCUT2D eigenvalue weighted by molar-refractivity contribution is 4.87. The van der Waals surface area contributed by atoms with Crippen molar-refractivity contribution in [2.75, 3.05) is 0 Å². The van der Waals surface area contributed by atoms with E-state index >= 15 is 0 Å². The lowest BCUT2D eigenvalue weighted by molar-refractivity contribution is 0.0740. The molecule has 0 nitrogen and oxygen atoms in total. The second-order valence-electron chi connectivity index (χ2n) is 9.17. The first-order valence-corrected chi connectivity index (χ1v) is 10.0. The Morgan fingerprint density at radius 3 is 1.90 bits per heavy atom. The Bertz CT molecular complexity index is 279. The minimum atomic E-state index is 0.508. The first kappa shape index (κ1) is 17.4. The third-order valence-corrected chi connectivity index (χ3v) is 6.74. The smallest absolute Gasteiger partial charge is 0.0334 e. The zero-order chi connectivity index (χ0) is 15.3. The van der Waals surface area contributed by atoms with E-state index in [1.807, 2.05) is 0 Å². The van der Waals surface area contributed by atoms with Gasteiger partial charge in [0.1, 0.15) is 0 Å². The van der Waals surface area contributed by atoms with Gasteiger partial charge in [-0.2, -0.15) is 0 Å². The monoisotopic (exact) mass is 292 g/mol. The van der Waals surface area contributed by atoms with Crippen molar-refractivity contribution in [3.8, 4) is 0 Å². The fourth-order valence-electron chi connectivity index (χ4n) is 5.44. The normalized spacial score (nSPS) is 34.0. The lowest BCUT2D eigenvalue weighted by Crippen LogP contribution is -2.34. The quantitative estimate of drug-likeness (QED) is 0.503. The minimum absolute atomic E-state index is 0.508. The third kappa shape index (κ3) is 5.00. The lowest BCUT2D eigenvalue weighted by atomic mass is 9.63. The highest BCUT2D eigenvalue weighted by Crippen LogP contribution is 2.47. The molecule has 124 valence electrons. The van der Waals surface area contributed by atoms with E-state index in [-0.39, 0.29) is 0 Å². The Kier molecular flexibility index (Phi) is 6.63. The zero-order valence-corrected chi connectivity index (χ0v) is 15.3. The fraction of sp³-hybridized carbons (Fsp3) is 1.00. The molecule has 0 aromatic heterocycles. The van der Waals surface area contributed by atoms with Gasteiger partial charge < -0.3 is 0 Å². The lowest BCUT2D eigenvalue weighted by Gasteiger charge is -2.42. The summed E-state index contributed by atoms with van der Waals surface area (Å²) in [4.78, 5) is 0. The van der Waals surface area contributed by atoms with Crippen molar-refractivity contribution in [1.29, 1.82) is 0 Å². The maximum Gasteiger partial charge on any atom is -0.0334 e. The molecule has 0 radical (unpaired) electrons. The van der Waals surface area contributed by atoms with Crippen LogP contribution in [0.25, 0.3) is 0 Å². The van der Waals surface area contributed by atoms with Crippen LogP contribution < -0.4 is 0 Å². The van der Waals surface area contributed by atoms with Gasteiger partial charge in [-0.25, -0.2) is 0 Å². The van der Waals surface area contributed by atoms with Crippen molar-refractivity contribution in [2.45, 2.75) is 105 Å². The molecule has 21 heavy (non-hydrogen) atoms. The summed E-state index contributed by atoms with van der Waals surface area (Å²) >= 11 is 0. The van der Waals surface area contributed by atoms with E-state index in [2.05, 4.69) is 27.7 Å². The fourth-order valence-corrected chi connectivity index (χ4v) is 5.44. The predicted octanol–water partition coefficient (Wildman–Crippen LogP) is 7.23. The number of hydrogen-bond donors (Lipinski definition) is 0. The summed E-state index contributed by atoms with van der Waals surface area (Å²) in [6.07, 6.45) is 18.0. The summed E-state index contributed by atoms with van der Waals surface area (Å²) in [5, 5.41) is 0. The van der Waals surface area contributed by atoms with Crippen molar-refractivity contribution < 1.29 is 0 Å². The van der Waals surface area contributed by atoms with E-state index in [4.69, 9.17) is 0 Å². The molecule has 3 atom stereocenters. The Labute approximate surface area is 134 Å². The van der Waals surface area contributed by atoms with Crippen LogP contribution in [0.1, 0.15) is 105 Å². The van der Waals surface area contributed by atoms with Crippen LogP contribution in [0.15, 0.2) is 0 Å². The third-order valence-electron chi connectivity index (χ3n) is 6.74. The molecular weight excluding hydrogens is 252 g/mol. The van der Waals surface area contributed by atoms with Gasteiger partial charge >= 0.3 is 0 Å². The van der Waals surface area contributed by atoms with Crippen molar-refractivity contribution >= 4 is 0 Å². The van der Waals surface area contributed by atoms with Crippen LogP contribution >= 0.6 is 0 Å². The summed E-state index contributed by atoms with van der Waals surface area (Å²) < 4.78 is 0. The first-order chi connectivity index (χ1) is 10.0. The van der Waals surface area contributed by atoms with Crippen molar-refractivity contribution in [2.24, 2.45) is 29.1 Å². The molecule has 0 aromatic carbocycles. The summed E-state index contributed by atoms with van der Waals surface area (Å²) in [7, 11) is 0. The van der Waals surface area contributed by atoms with Crippen LogP contribution in [0, 0.1) is 29.1 Å². The van der Waals surface area contributed by atoms with Gasteiger partial charge in [0.25, 0.3) is 0 Å². The molecule has 0 amide bonds. The molecule has 2 rings (SSSR count). The molecule has 2 fully saturated rings. The van der Waals surface area contributed by atoms with E-state index in [1.165, 1.54) is 77.0 Å². The standard InChI is InChI=1S/C21H40/c1-5-17-11-9-15-19(18-13-7-6-8-14-18)20(16-10-12-17)21(2,3)4/h17-20H,5-16H2,1-4H3. The van der Waals surface area contributed by atoms with E-state index in [0.717, 1.165) is 23.7 Å². The van der Waals surface area contributed by atoms with Gasteiger partial charge in [0, 0.05) is 0 Å². The predicted molar refractivity (Wildman–Crippen MR) is 94.5 cm³/mol. The Morgan fingerprint density at radius 1 is 0.714 bits per heavy atom. The summed E-state index contributed by atoms with van der Waals surface area (Å²) in [5.74, 6) is 4.08. The molecule has 0 heteroatoms. The van der Waals surface area contributed by atoms with Crippen molar-refractivity contribution in [1.82, 2.24) is 0 Å². The van der Waals surface area contributed by atoms with E-state index < -0.39 is 0 Å². The van der Waals surface area contributed by atoms with Crippen LogP contribution in [0.3, 0.4) is 0 Å². The summed E-state index contributed by atoms with van der Waals surface area (Å²) in [5.41, 5.74) is 0.508. The second kappa shape index (κ2) is 8.02. The summed E-state index contributed by atoms with van der Waals surface area (Å²) in [6.45, 7) is 9.95. The van der Waals surface area contributed by atoms with Crippen LogP contribution in [-0.4, -0.2) is 0 Å². The highest BCUT2D eigenvalue weighted by atomic mass is 14.4. The first-order valence-electron chi connectivity index (χ1n) is 10.0. The molecule has 0 heterocycles. The van der Waals surface area contributed by atoms with Crippen molar-refractivity contribution in [3.63, 3.8) is 0 Å². The molecule has 0 aliphatic heterocycles. The maximum absolute atomic E-state index is 2.52. The average Bonchev–Trinajstić information content (AvgIpc) is 2.57. The van der Waals surface area contributed by atoms with E-state index in [9.17, 15) is 0 Å². The average molecular weight is 293 g/mol. The molecule has 2 aliphatic rings. The maximum atomic E-state index is 2.52. The van der Waals surface area contributed by atoms with Gasteiger partial charge in [0.2, 0.25) is 0 Å². The van der Waals surface area contributed by atoms with Crippen LogP contribution in [-0.2, 0) is 0 Å². The molecule has 0 spiro atoms. The van der Waals surface area contributed by atoms with Crippen LogP contribution in [0.4, 0.5) is 0 Å². The van der Waals surface area contributed by atoms with Crippen LogP contribution in [0.2, 0.25) is 0 Å². The van der Waals surface area contributed by atoms with Crippen molar-refractivity contribution in [3.05, 3.63) is 0 Å². The number of hydrogen-bond acceptors (Lipinski definition) is 0. The van der Waals surface area contributed by atoms with Gasteiger partial charge in [-0.15, -0.1) is 0 Å². The van der Waals surface area contributed by atoms with Gasteiger partial charge in [-0.3, -0.25) is 0 Å². The molecule has 2 aliphatic carbocycles. The molecule has 0 saturated heterocycles. The van der Waals surface area contributed by atoms with E-state index in [1.54, 1.807) is 0 Å². The SMILES string of the molecule is CCC1CCCC(C2CCCCC2)C(C(C)(C)C)CCC1. The summed E-state index contributed by atoms with van der Waals surface area (Å²) in [6, 6.07) is 0. The van der Waals surface area contributed by atoms with E-state index in [0.29, 0.717) is 5.41 Å². The molecule has 0 bridgehead atoms.